The summed E-state index contributed by atoms with van der Waals surface area (Å²) in [6.45, 7) is 4.48. The van der Waals surface area contributed by atoms with Crippen LogP contribution in [0.5, 0.6) is 5.75 Å². The molecule has 1 heterocycles. The van der Waals surface area contributed by atoms with E-state index in [9.17, 15) is 0 Å². The summed E-state index contributed by atoms with van der Waals surface area (Å²) in [7, 11) is 0. The van der Waals surface area contributed by atoms with Gasteiger partial charge in [0.2, 0.25) is 0 Å². The molecule has 3 heteroatoms. The Bertz CT molecular complexity index is 366. The Hall–Kier alpha value is -0.990. The van der Waals surface area contributed by atoms with E-state index in [4.69, 9.17) is 21.1 Å². The van der Waals surface area contributed by atoms with Crippen molar-refractivity contribution in [2.24, 2.45) is 0 Å². The molecule has 92 valence electrons. The van der Waals surface area contributed by atoms with E-state index in [1.165, 1.54) is 6.42 Å². The monoisotopic (exact) mass is 252 g/mol. The van der Waals surface area contributed by atoms with Gasteiger partial charge in [-0.15, -0.1) is 0 Å². The molecule has 0 radical (unpaired) electrons. The molecule has 0 bridgehead atoms. The van der Waals surface area contributed by atoms with Crippen LogP contribution in [-0.2, 0) is 11.2 Å². The molecule has 17 heavy (non-hydrogen) atoms. The van der Waals surface area contributed by atoms with Crippen molar-refractivity contribution in [1.82, 2.24) is 0 Å². The predicted octanol–water partition coefficient (Wildman–Crippen LogP) is 3.89. The third-order valence-electron chi connectivity index (χ3n) is 2.72. The summed E-state index contributed by atoms with van der Waals surface area (Å²) in [6.07, 6.45) is 3.89. The second kappa shape index (κ2) is 6.08. The van der Waals surface area contributed by atoms with E-state index in [2.05, 4.69) is 6.58 Å². The number of halogens is 1. The lowest BCUT2D eigenvalue weighted by Crippen LogP contribution is -2.24. The molecule has 0 spiro atoms. The molecule has 1 saturated heterocycles. The van der Waals surface area contributed by atoms with Gasteiger partial charge in [-0.1, -0.05) is 30.3 Å². The number of hydrogen-bond donors (Lipinski definition) is 0. The van der Waals surface area contributed by atoms with Crippen molar-refractivity contribution in [3.63, 3.8) is 0 Å². The molecule has 1 fully saturated rings. The molecule has 1 aromatic carbocycles. The second-order valence-corrected chi connectivity index (χ2v) is 4.79. The Kier molecular flexibility index (Phi) is 4.46. The van der Waals surface area contributed by atoms with Gasteiger partial charge >= 0.3 is 0 Å². The fraction of sp³-hybridized carbons (Fsp3) is 0.429. The number of allylic oxidation sites excluding steroid dienone is 1. The van der Waals surface area contributed by atoms with Crippen LogP contribution in [0.4, 0.5) is 0 Å². The van der Waals surface area contributed by atoms with Crippen molar-refractivity contribution < 1.29 is 9.47 Å². The number of hydrogen-bond acceptors (Lipinski definition) is 2. The molecule has 1 aliphatic heterocycles. The number of benzene rings is 1. The molecule has 2 rings (SSSR count). The van der Waals surface area contributed by atoms with E-state index >= 15 is 0 Å². The van der Waals surface area contributed by atoms with Crippen LogP contribution in [0.25, 0.3) is 0 Å². The molecule has 0 aromatic heterocycles. The first-order chi connectivity index (χ1) is 8.24. The minimum absolute atomic E-state index is 0.0856. The van der Waals surface area contributed by atoms with E-state index in [1.807, 2.05) is 24.3 Å². The summed E-state index contributed by atoms with van der Waals surface area (Å²) >= 11 is 5.76. The van der Waals surface area contributed by atoms with Crippen molar-refractivity contribution in [1.29, 1.82) is 0 Å². The second-order valence-electron chi connectivity index (χ2n) is 4.25. The summed E-state index contributed by atoms with van der Waals surface area (Å²) < 4.78 is 11.3. The van der Waals surface area contributed by atoms with E-state index < -0.39 is 0 Å². The van der Waals surface area contributed by atoms with Gasteiger partial charge in [-0.25, -0.2) is 0 Å². The summed E-state index contributed by atoms with van der Waals surface area (Å²) in [4.78, 5) is 0. The molecule has 1 aromatic rings. The van der Waals surface area contributed by atoms with E-state index in [0.29, 0.717) is 11.5 Å². The van der Waals surface area contributed by atoms with Crippen LogP contribution < -0.4 is 4.74 Å². The summed E-state index contributed by atoms with van der Waals surface area (Å²) in [6, 6.07) is 7.91. The van der Waals surface area contributed by atoms with Crippen LogP contribution in [0, 0.1) is 0 Å². The van der Waals surface area contributed by atoms with Crippen molar-refractivity contribution in [2.45, 2.75) is 32.0 Å². The maximum atomic E-state index is 5.76. The first kappa shape index (κ1) is 12.5. The topological polar surface area (TPSA) is 18.5 Å². The molecular formula is C14H17ClO2. The average molecular weight is 253 g/mol. The Morgan fingerprint density at radius 1 is 1.35 bits per heavy atom. The molecule has 0 N–H and O–H groups in total. The summed E-state index contributed by atoms with van der Waals surface area (Å²) in [5, 5.41) is 0.647. The van der Waals surface area contributed by atoms with Gasteiger partial charge in [-0.2, -0.15) is 0 Å². The van der Waals surface area contributed by atoms with Gasteiger partial charge in [0.15, 0.2) is 6.29 Å². The smallest absolute Gasteiger partial charge is 0.199 e. The van der Waals surface area contributed by atoms with Crippen molar-refractivity contribution in [3.8, 4) is 5.75 Å². The number of ether oxygens (including phenoxy) is 2. The van der Waals surface area contributed by atoms with Crippen molar-refractivity contribution >= 4 is 11.6 Å². The molecule has 0 amide bonds. The average Bonchev–Trinajstić information content (AvgIpc) is 2.32. The van der Waals surface area contributed by atoms with E-state index in [1.54, 1.807) is 0 Å². The minimum atomic E-state index is -0.0856. The maximum Gasteiger partial charge on any atom is 0.199 e. The summed E-state index contributed by atoms with van der Waals surface area (Å²) in [5.74, 6) is 0.848. The first-order valence-corrected chi connectivity index (χ1v) is 6.32. The molecule has 1 aliphatic rings. The first-order valence-electron chi connectivity index (χ1n) is 5.94. The van der Waals surface area contributed by atoms with Crippen molar-refractivity contribution in [2.75, 3.05) is 6.61 Å². The molecule has 1 atom stereocenters. The van der Waals surface area contributed by atoms with E-state index in [0.717, 1.165) is 30.8 Å². The summed E-state index contributed by atoms with van der Waals surface area (Å²) in [5.41, 5.74) is 1.14. The zero-order chi connectivity index (χ0) is 12.1. The Balaban J connectivity index is 1.90. The van der Waals surface area contributed by atoms with Crippen LogP contribution in [0.3, 0.4) is 0 Å². The van der Waals surface area contributed by atoms with Crippen LogP contribution >= 0.6 is 11.6 Å². The normalized spacial score (nSPS) is 19.9. The molecular weight excluding hydrogens is 236 g/mol. The Labute approximate surface area is 107 Å². The van der Waals surface area contributed by atoms with Crippen LogP contribution in [0.1, 0.15) is 24.8 Å². The van der Waals surface area contributed by atoms with Gasteiger partial charge in [0.25, 0.3) is 0 Å². The largest absolute Gasteiger partial charge is 0.465 e. The highest BCUT2D eigenvalue weighted by atomic mass is 35.5. The Morgan fingerprint density at radius 3 is 2.71 bits per heavy atom. The van der Waals surface area contributed by atoms with Crippen LogP contribution in [-0.4, -0.2) is 12.9 Å². The van der Waals surface area contributed by atoms with Crippen LogP contribution in [0.2, 0.25) is 0 Å². The molecule has 0 saturated carbocycles. The van der Waals surface area contributed by atoms with Gasteiger partial charge in [-0.3, -0.25) is 0 Å². The fourth-order valence-electron chi connectivity index (χ4n) is 1.86. The van der Waals surface area contributed by atoms with Gasteiger partial charge in [0.1, 0.15) is 5.75 Å². The lowest BCUT2D eigenvalue weighted by atomic mass is 10.1. The van der Waals surface area contributed by atoms with Gasteiger partial charge < -0.3 is 9.47 Å². The van der Waals surface area contributed by atoms with Crippen molar-refractivity contribution in [3.05, 3.63) is 41.4 Å². The molecule has 0 unspecified atom stereocenters. The quantitative estimate of drug-likeness (QED) is 0.810. The molecule has 2 nitrogen and oxygen atoms in total. The minimum Gasteiger partial charge on any atom is -0.465 e. The van der Waals surface area contributed by atoms with Gasteiger partial charge in [0.05, 0.1) is 6.61 Å². The third-order valence-corrected chi connectivity index (χ3v) is 2.86. The van der Waals surface area contributed by atoms with Crippen LogP contribution in [0.15, 0.2) is 35.9 Å². The Morgan fingerprint density at radius 2 is 2.12 bits per heavy atom. The lowest BCUT2D eigenvalue weighted by Gasteiger charge is -2.23. The highest BCUT2D eigenvalue weighted by Crippen LogP contribution is 2.20. The van der Waals surface area contributed by atoms with Gasteiger partial charge in [0, 0.05) is 17.9 Å². The zero-order valence-corrected chi connectivity index (χ0v) is 10.6. The zero-order valence-electron chi connectivity index (χ0n) is 9.82. The molecule has 0 aliphatic carbocycles. The number of rotatable bonds is 4. The SMILES string of the molecule is C=C(Cl)Cc1ccc(O[C@@H]2CCCCO2)cc1. The van der Waals surface area contributed by atoms with Gasteiger partial charge in [-0.05, 0) is 30.5 Å². The predicted molar refractivity (Wildman–Crippen MR) is 69.4 cm³/mol. The standard InChI is InChI=1S/C14H17ClO2/c1-11(15)10-12-5-7-13(8-6-12)17-14-4-2-3-9-16-14/h5-8,14H,1-4,9-10H2/t14-/m1/s1. The highest BCUT2D eigenvalue weighted by Gasteiger charge is 2.14. The third kappa shape index (κ3) is 4.06. The highest BCUT2D eigenvalue weighted by molar-refractivity contribution is 6.29. The lowest BCUT2D eigenvalue weighted by molar-refractivity contribution is -0.105. The van der Waals surface area contributed by atoms with E-state index in [-0.39, 0.29) is 6.29 Å². The fourth-order valence-corrected chi connectivity index (χ4v) is 2.02. The maximum absolute atomic E-state index is 5.76.